The van der Waals surface area contributed by atoms with Gasteiger partial charge in [-0.1, -0.05) is 11.6 Å². The Bertz CT molecular complexity index is 451. The van der Waals surface area contributed by atoms with E-state index in [1.54, 1.807) is 25.3 Å². The van der Waals surface area contributed by atoms with Crippen molar-refractivity contribution in [1.29, 1.82) is 0 Å². The Morgan fingerprint density at radius 2 is 2.42 bits per heavy atom. The number of rotatable bonds is 3. The average molecular weight is 283 g/mol. The molecule has 1 fully saturated rings. The zero-order chi connectivity index (χ0) is 13.8. The maximum atomic E-state index is 12.5. The molecule has 1 N–H and O–H groups in total. The van der Waals surface area contributed by atoms with Crippen molar-refractivity contribution in [1.82, 2.24) is 9.88 Å². The number of carbonyl (C=O) groups excluding carboxylic acids is 1. The monoisotopic (exact) mass is 282 g/mol. The predicted molar refractivity (Wildman–Crippen MR) is 74.2 cm³/mol. The lowest BCUT2D eigenvalue weighted by atomic mass is 9.96. The minimum Gasteiger partial charge on any atom is -0.393 e. The summed E-state index contributed by atoms with van der Waals surface area (Å²) in [5.41, 5.74) is 0.446. The summed E-state index contributed by atoms with van der Waals surface area (Å²) in [6.07, 6.45) is 4.82. The number of aliphatic hydroxyl groups is 1. The van der Waals surface area contributed by atoms with Crippen molar-refractivity contribution >= 4 is 17.5 Å². The molecule has 4 nitrogen and oxygen atoms in total. The Kier molecular flexibility index (Phi) is 4.77. The SMILES string of the molecule is CC(O)CC1CCCCN1C(=O)c1cccnc1Cl. The smallest absolute Gasteiger partial charge is 0.257 e. The number of aliphatic hydroxyl groups excluding tert-OH is 1. The molecular weight excluding hydrogens is 264 g/mol. The van der Waals surface area contributed by atoms with Crippen LogP contribution in [0.3, 0.4) is 0 Å². The molecule has 19 heavy (non-hydrogen) atoms. The standard InChI is InChI=1S/C14H19ClN2O2/c1-10(18)9-11-5-2-3-8-17(11)14(19)12-6-4-7-16-13(12)15/h4,6-7,10-11,18H,2-3,5,8-9H2,1H3. The summed E-state index contributed by atoms with van der Waals surface area (Å²) >= 11 is 5.98. The number of aromatic nitrogens is 1. The molecule has 0 spiro atoms. The van der Waals surface area contributed by atoms with Crippen molar-refractivity contribution in [3.8, 4) is 0 Å². The molecule has 2 heterocycles. The summed E-state index contributed by atoms with van der Waals surface area (Å²) in [6.45, 7) is 2.48. The molecule has 5 heteroatoms. The van der Waals surface area contributed by atoms with Gasteiger partial charge in [0, 0.05) is 18.8 Å². The van der Waals surface area contributed by atoms with Gasteiger partial charge in [-0.25, -0.2) is 4.98 Å². The third-order valence-electron chi connectivity index (χ3n) is 3.49. The van der Waals surface area contributed by atoms with Gasteiger partial charge in [-0.05, 0) is 44.7 Å². The van der Waals surface area contributed by atoms with E-state index >= 15 is 0 Å². The molecule has 104 valence electrons. The van der Waals surface area contributed by atoms with E-state index in [2.05, 4.69) is 4.98 Å². The molecule has 0 aromatic carbocycles. The molecule has 1 aromatic heterocycles. The quantitative estimate of drug-likeness (QED) is 0.867. The molecule has 2 atom stereocenters. The van der Waals surface area contributed by atoms with Crippen molar-refractivity contribution < 1.29 is 9.90 Å². The van der Waals surface area contributed by atoms with Gasteiger partial charge in [0.15, 0.2) is 0 Å². The van der Waals surface area contributed by atoms with Crippen LogP contribution in [0.25, 0.3) is 0 Å². The highest BCUT2D eigenvalue weighted by molar-refractivity contribution is 6.32. The van der Waals surface area contributed by atoms with E-state index in [0.29, 0.717) is 12.0 Å². The molecule has 0 radical (unpaired) electrons. The van der Waals surface area contributed by atoms with Gasteiger partial charge in [-0.15, -0.1) is 0 Å². The van der Waals surface area contributed by atoms with Gasteiger partial charge in [0.2, 0.25) is 0 Å². The topological polar surface area (TPSA) is 53.4 Å². The van der Waals surface area contributed by atoms with Crippen LogP contribution in [0.15, 0.2) is 18.3 Å². The van der Waals surface area contributed by atoms with Crippen LogP contribution in [0, 0.1) is 0 Å². The van der Waals surface area contributed by atoms with E-state index in [9.17, 15) is 9.90 Å². The first-order chi connectivity index (χ1) is 9.09. The van der Waals surface area contributed by atoms with E-state index in [1.165, 1.54) is 0 Å². The molecule has 1 aliphatic heterocycles. The van der Waals surface area contributed by atoms with E-state index in [-0.39, 0.29) is 17.1 Å². The van der Waals surface area contributed by atoms with Crippen LogP contribution in [-0.4, -0.2) is 39.6 Å². The van der Waals surface area contributed by atoms with Gasteiger partial charge < -0.3 is 10.0 Å². The van der Waals surface area contributed by atoms with Crippen LogP contribution in [0.5, 0.6) is 0 Å². The van der Waals surface area contributed by atoms with E-state index < -0.39 is 6.10 Å². The highest BCUT2D eigenvalue weighted by Gasteiger charge is 2.29. The number of nitrogens with zero attached hydrogens (tertiary/aromatic N) is 2. The molecule has 1 amide bonds. The van der Waals surface area contributed by atoms with Crippen LogP contribution in [0.2, 0.25) is 5.15 Å². The van der Waals surface area contributed by atoms with E-state index in [0.717, 1.165) is 25.8 Å². The number of halogens is 1. The molecule has 2 rings (SSSR count). The fraction of sp³-hybridized carbons (Fsp3) is 0.571. The Balaban J connectivity index is 2.18. The second-order valence-corrected chi connectivity index (χ2v) is 5.43. The number of hydrogen-bond donors (Lipinski definition) is 1. The van der Waals surface area contributed by atoms with Crippen molar-refractivity contribution in [2.45, 2.75) is 44.8 Å². The van der Waals surface area contributed by atoms with Crippen LogP contribution >= 0.6 is 11.6 Å². The lowest BCUT2D eigenvalue weighted by Gasteiger charge is -2.36. The summed E-state index contributed by atoms with van der Waals surface area (Å²) in [6, 6.07) is 3.51. The molecular formula is C14H19ClN2O2. The minimum atomic E-state index is -0.400. The summed E-state index contributed by atoms with van der Waals surface area (Å²) in [5.74, 6) is -0.0801. The lowest BCUT2D eigenvalue weighted by molar-refractivity contribution is 0.0515. The first-order valence-corrected chi connectivity index (χ1v) is 7.07. The number of piperidine rings is 1. The Morgan fingerprint density at radius 1 is 1.63 bits per heavy atom. The van der Waals surface area contributed by atoms with E-state index in [4.69, 9.17) is 11.6 Å². The van der Waals surface area contributed by atoms with Crippen molar-refractivity contribution in [3.63, 3.8) is 0 Å². The van der Waals surface area contributed by atoms with Crippen molar-refractivity contribution in [3.05, 3.63) is 29.0 Å². The predicted octanol–water partition coefficient (Wildman–Crippen LogP) is 2.50. The summed E-state index contributed by atoms with van der Waals surface area (Å²) in [4.78, 5) is 18.3. The average Bonchev–Trinajstić information content (AvgIpc) is 2.38. The number of carbonyl (C=O) groups is 1. The Morgan fingerprint density at radius 3 is 3.11 bits per heavy atom. The molecule has 1 aliphatic rings. The highest BCUT2D eigenvalue weighted by atomic mass is 35.5. The van der Waals surface area contributed by atoms with Gasteiger partial charge in [0.05, 0.1) is 11.7 Å². The molecule has 1 saturated heterocycles. The van der Waals surface area contributed by atoms with Gasteiger partial charge in [-0.2, -0.15) is 0 Å². The Labute approximate surface area is 118 Å². The largest absolute Gasteiger partial charge is 0.393 e. The van der Waals surface area contributed by atoms with Crippen LogP contribution < -0.4 is 0 Å². The zero-order valence-corrected chi connectivity index (χ0v) is 11.8. The van der Waals surface area contributed by atoms with Gasteiger partial charge in [-0.3, -0.25) is 4.79 Å². The second-order valence-electron chi connectivity index (χ2n) is 5.07. The third kappa shape index (κ3) is 3.45. The van der Waals surface area contributed by atoms with Crippen LogP contribution in [0.1, 0.15) is 43.0 Å². The summed E-state index contributed by atoms with van der Waals surface area (Å²) in [7, 11) is 0. The fourth-order valence-corrected chi connectivity index (χ4v) is 2.81. The summed E-state index contributed by atoms with van der Waals surface area (Å²) in [5, 5.41) is 9.80. The lowest BCUT2D eigenvalue weighted by Crippen LogP contribution is -2.45. The highest BCUT2D eigenvalue weighted by Crippen LogP contribution is 2.24. The summed E-state index contributed by atoms with van der Waals surface area (Å²) < 4.78 is 0. The van der Waals surface area contributed by atoms with Crippen molar-refractivity contribution in [2.24, 2.45) is 0 Å². The number of amides is 1. The zero-order valence-electron chi connectivity index (χ0n) is 11.1. The maximum Gasteiger partial charge on any atom is 0.257 e. The molecule has 2 unspecified atom stereocenters. The molecule has 0 bridgehead atoms. The third-order valence-corrected chi connectivity index (χ3v) is 3.79. The van der Waals surface area contributed by atoms with Crippen LogP contribution in [0.4, 0.5) is 0 Å². The molecule has 0 aliphatic carbocycles. The number of pyridine rings is 1. The number of hydrogen-bond acceptors (Lipinski definition) is 3. The van der Waals surface area contributed by atoms with Gasteiger partial charge in [0.1, 0.15) is 5.15 Å². The van der Waals surface area contributed by atoms with Crippen molar-refractivity contribution in [2.75, 3.05) is 6.54 Å². The van der Waals surface area contributed by atoms with E-state index in [1.807, 2.05) is 4.90 Å². The molecule has 0 saturated carbocycles. The van der Waals surface area contributed by atoms with Gasteiger partial charge in [0.25, 0.3) is 5.91 Å². The Hall–Kier alpha value is -1.13. The number of likely N-dealkylation sites (tertiary alicyclic amines) is 1. The van der Waals surface area contributed by atoms with Gasteiger partial charge >= 0.3 is 0 Å². The van der Waals surface area contributed by atoms with Crippen LogP contribution in [-0.2, 0) is 0 Å². The minimum absolute atomic E-state index is 0.0801. The first-order valence-electron chi connectivity index (χ1n) is 6.69. The normalized spacial score (nSPS) is 21.2. The maximum absolute atomic E-state index is 12.5. The molecule has 1 aromatic rings. The first kappa shape index (κ1) is 14.3. The second kappa shape index (κ2) is 6.35. The fourth-order valence-electron chi connectivity index (χ4n) is 2.61.